The van der Waals surface area contributed by atoms with Crippen molar-refractivity contribution in [3.8, 4) is 11.4 Å². The summed E-state index contributed by atoms with van der Waals surface area (Å²) in [5.41, 5.74) is 7.23. The molecule has 0 aliphatic heterocycles. The Labute approximate surface area is 117 Å². The van der Waals surface area contributed by atoms with E-state index in [9.17, 15) is 0 Å². The van der Waals surface area contributed by atoms with Gasteiger partial charge < -0.3 is 5.73 Å². The van der Waals surface area contributed by atoms with E-state index >= 15 is 0 Å². The van der Waals surface area contributed by atoms with Crippen LogP contribution >= 0.6 is 11.6 Å². The van der Waals surface area contributed by atoms with Crippen LogP contribution < -0.4 is 5.73 Å². The Morgan fingerprint density at radius 3 is 2.84 bits per heavy atom. The lowest BCUT2D eigenvalue weighted by Crippen LogP contribution is -2.04. The summed E-state index contributed by atoms with van der Waals surface area (Å²) in [7, 11) is 0. The fourth-order valence-corrected chi connectivity index (χ4v) is 2.01. The largest absolute Gasteiger partial charge is 0.398 e. The highest BCUT2D eigenvalue weighted by Crippen LogP contribution is 2.25. The van der Waals surface area contributed by atoms with Crippen molar-refractivity contribution in [1.29, 1.82) is 0 Å². The molecule has 1 aromatic carbocycles. The Kier molecular flexibility index (Phi) is 4.37. The molecule has 0 unspecified atom stereocenters. The third-order valence-electron chi connectivity index (χ3n) is 2.94. The molecule has 5 nitrogen and oxygen atoms in total. The first-order chi connectivity index (χ1) is 9.08. The number of aromatic nitrogens is 4. The van der Waals surface area contributed by atoms with Crippen LogP contribution in [0.15, 0.2) is 18.2 Å². The Hall–Kier alpha value is -1.62. The number of aryl methyl sites for hydroxylation is 1. The third-order valence-corrected chi connectivity index (χ3v) is 3.28. The molecule has 6 heteroatoms. The van der Waals surface area contributed by atoms with Crippen LogP contribution in [0.5, 0.6) is 0 Å². The summed E-state index contributed by atoms with van der Waals surface area (Å²) in [5, 5.41) is 12.4. The average molecular weight is 280 g/mol. The van der Waals surface area contributed by atoms with Gasteiger partial charge in [-0.1, -0.05) is 25.4 Å². The first-order valence-electron chi connectivity index (χ1n) is 6.39. The predicted octanol–water partition coefficient (Wildman–Crippen LogP) is 3.01. The standard InChI is InChI=1S/C13H18ClN5/c1-9(2)4-3-7-19-13(16-17-18-19)10-5-6-11(14)12(15)8-10/h5-6,8-9H,3-4,7,15H2,1-2H3. The summed E-state index contributed by atoms with van der Waals surface area (Å²) in [6.45, 7) is 5.23. The van der Waals surface area contributed by atoms with Crippen LogP contribution in [0.4, 0.5) is 5.69 Å². The molecular weight excluding hydrogens is 262 g/mol. The number of nitrogens with two attached hydrogens (primary N) is 1. The fraction of sp³-hybridized carbons (Fsp3) is 0.462. The molecule has 19 heavy (non-hydrogen) atoms. The van der Waals surface area contributed by atoms with Crippen LogP contribution in [-0.4, -0.2) is 20.2 Å². The molecule has 0 fully saturated rings. The van der Waals surface area contributed by atoms with E-state index in [0.717, 1.165) is 30.8 Å². The van der Waals surface area contributed by atoms with Gasteiger partial charge in [0.1, 0.15) is 0 Å². The number of tetrazole rings is 1. The van der Waals surface area contributed by atoms with Crippen LogP contribution in [0.25, 0.3) is 11.4 Å². The first kappa shape index (κ1) is 13.8. The third kappa shape index (κ3) is 3.44. The van der Waals surface area contributed by atoms with E-state index in [1.165, 1.54) is 0 Å². The number of nitrogens with zero attached hydrogens (tertiary/aromatic N) is 4. The van der Waals surface area contributed by atoms with Crippen molar-refractivity contribution in [2.24, 2.45) is 5.92 Å². The van der Waals surface area contributed by atoms with Crippen LogP contribution in [0, 0.1) is 5.92 Å². The van der Waals surface area contributed by atoms with Crippen LogP contribution in [0.3, 0.4) is 0 Å². The van der Waals surface area contributed by atoms with E-state index in [2.05, 4.69) is 29.4 Å². The molecule has 0 bridgehead atoms. The normalized spacial score (nSPS) is 11.2. The Bertz CT molecular complexity index is 550. The second-order valence-corrected chi connectivity index (χ2v) is 5.41. The minimum absolute atomic E-state index is 0.538. The number of nitrogen functional groups attached to an aromatic ring is 1. The van der Waals surface area contributed by atoms with Gasteiger partial charge in [0.05, 0.1) is 10.7 Å². The summed E-state index contributed by atoms with van der Waals surface area (Å²) >= 11 is 5.92. The molecular formula is C13H18ClN5. The van der Waals surface area contributed by atoms with Crippen LogP contribution in [0.2, 0.25) is 5.02 Å². The van der Waals surface area contributed by atoms with Gasteiger partial charge in [-0.15, -0.1) is 5.10 Å². The molecule has 0 saturated carbocycles. The highest BCUT2D eigenvalue weighted by Gasteiger charge is 2.10. The number of halogens is 1. The van der Waals surface area contributed by atoms with E-state index in [-0.39, 0.29) is 0 Å². The predicted molar refractivity (Wildman–Crippen MR) is 76.7 cm³/mol. The maximum absolute atomic E-state index is 5.92. The van der Waals surface area contributed by atoms with Crippen molar-refractivity contribution >= 4 is 17.3 Å². The van der Waals surface area contributed by atoms with Gasteiger partial charge in [-0.3, -0.25) is 0 Å². The monoisotopic (exact) mass is 279 g/mol. The van der Waals surface area contributed by atoms with Gasteiger partial charge in [0.25, 0.3) is 0 Å². The number of benzene rings is 1. The van der Waals surface area contributed by atoms with Gasteiger partial charge in [-0.2, -0.15) is 0 Å². The number of anilines is 1. The maximum atomic E-state index is 5.92. The summed E-state index contributed by atoms with van der Waals surface area (Å²) in [4.78, 5) is 0. The molecule has 0 aliphatic carbocycles. The van der Waals surface area contributed by atoms with E-state index in [1.807, 2.05) is 10.7 Å². The summed E-state index contributed by atoms with van der Waals surface area (Å²) < 4.78 is 1.81. The lowest BCUT2D eigenvalue weighted by Gasteiger charge is -2.07. The van der Waals surface area contributed by atoms with Crippen molar-refractivity contribution in [2.45, 2.75) is 33.2 Å². The zero-order valence-electron chi connectivity index (χ0n) is 11.2. The van der Waals surface area contributed by atoms with Gasteiger partial charge >= 0.3 is 0 Å². The molecule has 2 aromatic rings. The fourth-order valence-electron chi connectivity index (χ4n) is 1.89. The quantitative estimate of drug-likeness (QED) is 0.854. The Balaban J connectivity index is 2.16. The highest BCUT2D eigenvalue weighted by atomic mass is 35.5. The average Bonchev–Trinajstić information content (AvgIpc) is 2.80. The molecule has 2 rings (SSSR count). The minimum Gasteiger partial charge on any atom is -0.398 e. The van der Waals surface area contributed by atoms with Gasteiger partial charge in [0.15, 0.2) is 5.82 Å². The van der Waals surface area contributed by atoms with Crippen molar-refractivity contribution in [3.63, 3.8) is 0 Å². The van der Waals surface area contributed by atoms with E-state index in [4.69, 9.17) is 17.3 Å². The number of hydrogen-bond acceptors (Lipinski definition) is 4. The summed E-state index contributed by atoms with van der Waals surface area (Å²) in [6, 6.07) is 5.44. The lowest BCUT2D eigenvalue weighted by molar-refractivity contribution is 0.485. The molecule has 0 radical (unpaired) electrons. The number of rotatable bonds is 5. The lowest BCUT2D eigenvalue weighted by atomic mass is 10.1. The molecule has 2 N–H and O–H groups in total. The Morgan fingerprint density at radius 1 is 1.37 bits per heavy atom. The van der Waals surface area contributed by atoms with Crippen molar-refractivity contribution < 1.29 is 0 Å². The van der Waals surface area contributed by atoms with E-state index in [1.54, 1.807) is 12.1 Å². The smallest absolute Gasteiger partial charge is 0.182 e. The summed E-state index contributed by atoms with van der Waals surface area (Å²) in [5.74, 6) is 1.42. The highest BCUT2D eigenvalue weighted by molar-refractivity contribution is 6.33. The molecule has 0 atom stereocenters. The second-order valence-electron chi connectivity index (χ2n) is 5.00. The zero-order valence-corrected chi connectivity index (χ0v) is 11.9. The van der Waals surface area contributed by atoms with Gasteiger partial charge in [0.2, 0.25) is 0 Å². The molecule has 1 aromatic heterocycles. The maximum Gasteiger partial charge on any atom is 0.182 e. The van der Waals surface area contributed by atoms with Crippen molar-refractivity contribution in [3.05, 3.63) is 23.2 Å². The van der Waals surface area contributed by atoms with Gasteiger partial charge in [0, 0.05) is 12.1 Å². The molecule has 0 amide bonds. The van der Waals surface area contributed by atoms with E-state index in [0.29, 0.717) is 16.6 Å². The SMILES string of the molecule is CC(C)CCCn1nnnc1-c1ccc(Cl)c(N)c1. The van der Waals surface area contributed by atoms with Gasteiger partial charge in [-0.25, -0.2) is 4.68 Å². The minimum atomic E-state index is 0.538. The Morgan fingerprint density at radius 2 is 2.16 bits per heavy atom. The first-order valence-corrected chi connectivity index (χ1v) is 6.77. The molecule has 0 aliphatic rings. The molecule has 1 heterocycles. The molecule has 0 saturated heterocycles. The van der Waals surface area contributed by atoms with Gasteiger partial charge in [-0.05, 0) is 47.4 Å². The van der Waals surface area contributed by atoms with Crippen LogP contribution in [-0.2, 0) is 6.54 Å². The van der Waals surface area contributed by atoms with Crippen LogP contribution in [0.1, 0.15) is 26.7 Å². The summed E-state index contributed by atoms with van der Waals surface area (Å²) in [6.07, 6.45) is 2.21. The van der Waals surface area contributed by atoms with Crippen molar-refractivity contribution in [2.75, 3.05) is 5.73 Å². The topological polar surface area (TPSA) is 69.6 Å². The van der Waals surface area contributed by atoms with E-state index < -0.39 is 0 Å². The molecule has 102 valence electrons. The zero-order chi connectivity index (χ0) is 13.8. The molecule has 0 spiro atoms. The second kappa shape index (κ2) is 6.02. The van der Waals surface area contributed by atoms with Crippen molar-refractivity contribution in [1.82, 2.24) is 20.2 Å². The number of hydrogen-bond donors (Lipinski definition) is 1.